The number of fused-ring (bicyclic) bond motifs is 1. The van der Waals surface area contributed by atoms with Gasteiger partial charge in [0.25, 0.3) is 0 Å². The highest BCUT2D eigenvalue weighted by atomic mass is 16.5. The Morgan fingerprint density at radius 1 is 1.00 bits per heavy atom. The first-order valence-corrected chi connectivity index (χ1v) is 10.5. The fourth-order valence-corrected chi connectivity index (χ4v) is 3.48. The monoisotopic (exact) mass is 437 g/mol. The molecule has 0 radical (unpaired) electrons. The summed E-state index contributed by atoms with van der Waals surface area (Å²) in [5.41, 5.74) is 4.57. The predicted octanol–water partition coefficient (Wildman–Crippen LogP) is 5.41. The number of nitriles is 1. The highest BCUT2D eigenvalue weighted by molar-refractivity contribution is 5.99. The Morgan fingerprint density at radius 2 is 1.73 bits per heavy atom. The van der Waals surface area contributed by atoms with Crippen LogP contribution in [0.15, 0.2) is 79.0 Å². The molecule has 164 valence electrons. The summed E-state index contributed by atoms with van der Waals surface area (Å²) in [5.74, 6) is 0.710. The molecule has 2 amide bonds. The van der Waals surface area contributed by atoms with E-state index in [4.69, 9.17) is 4.74 Å². The second-order valence-electron chi connectivity index (χ2n) is 7.36. The number of anilines is 3. The van der Waals surface area contributed by atoms with Crippen molar-refractivity contribution in [1.82, 2.24) is 4.98 Å². The molecule has 33 heavy (non-hydrogen) atoms. The third-order valence-electron chi connectivity index (χ3n) is 5.15. The Bertz CT molecular complexity index is 1300. The number of pyridine rings is 1. The van der Waals surface area contributed by atoms with Crippen molar-refractivity contribution < 1.29 is 9.53 Å². The molecule has 0 atom stereocenters. The van der Waals surface area contributed by atoms with Crippen molar-refractivity contribution in [2.75, 3.05) is 29.6 Å². The van der Waals surface area contributed by atoms with E-state index in [-0.39, 0.29) is 6.03 Å². The van der Waals surface area contributed by atoms with E-state index < -0.39 is 0 Å². The molecule has 1 aromatic heterocycles. The van der Waals surface area contributed by atoms with Gasteiger partial charge in [0.05, 0.1) is 23.9 Å². The Labute approximate surface area is 192 Å². The van der Waals surface area contributed by atoms with Crippen LogP contribution in [0.5, 0.6) is 5.75 Å². The van der Waals surface area contributed by atoms with E-state index in [0.29, 0.717) is 23.5 Å². The Balaban J connectivity index is 1.38. The Hall–Kier alpha value is -4.57. The largest absolute Gasteiger partial charge is 0.497 e. The zero-order valence-electron chi connectivity index (χ0n) is 18.1. The van der Waals surface area contributed by atoms with E-state index in [0.717, 1.165) is 34.3 Å². The van der Waals surface area contributed by atoms with Gasteiger partial charge in [-0.05, 0) is 54.4 Å². The number of methoxy groups -OCH3 is 1. The van der Waals surface area contributed by atoms with Crippen molar-refractivity contribution in [3.8, 4) is 11.8 Å². The molecule has 7 heteroatoms. The zero-order chi connectivity index (χ0) is 23.0. The molecular weight excluding hydrogens is 414 g/mol. The molecular formula is C26H23N5O2. The highest BCUT2D eigenvalue weighted by Gasteiger charge is 2.10. The average molecular weight is 438 g/mol. The first kappa shape index (κ1) is 21.7. The molecule has 0 saturated heterocycles. The van der Waals surface area contributed by atoms with Gasteiger partial charge in [-0.3, -0.25) is 4.98 Å². The number of nitrogens with zero attached hydrogens (tertiary/aromatic N) is 2. The van der Waals surface area contributed by atoms with E-state index >= 15 is 0 Å². The minimum atomic E-state index is -0.292. The number of benzene rings is 3. The molecule has 7 nitrogen and oxygen atoms in total. The maximum absolute atomic E-state index is 12.1. The third-order valence-corrected chi connectivity index (χ3v) is 5.15. The van der Waals surface area contributed by atoms with E-state index in [9.17, 15) is 10.1 Å². The molecule has 0 spiro atoms. The number of amides is 2. The van der Waals surface area contributed by atoms with E-state index in [1.54, 1.807) is 13.3 Å². The summed E-state index contributed by atoms with van der Waals surface area (Å²) < 4.78 is 5.32. The standard InChI is InChI=1S/C26H23N5O2/c1-33-22-11-12-24-23(15-22)25(19(16-27)17-29-24)28-14-13-18-7-9-21(10-8-18)31-26(32)30-20-5-3-2-4-6-20/h2-12,15,17H,13-14H2,1H3,(H,28,29)(H2,30,31,32). The summed E-state index contributed by atoms with van der Waals surface area (Å²) in [4.78, 5) is 16.5. The Kier molecular flexibility index (Phi) is 6.67. The molecule has 0 bridgehead atoms. The molecule has 0 aliphatic rings. The van der Waals surface area contributed by atoms with Crippen LogP contribution in [0.4, 0.5) is 21.9 Å². The van der Waals surface area contributed by atoms with Crippen molar-refractivity contribution in [3.05, 3.63) is 90.1 Å². The zero-order valence-corrected chi connectivity index (χ0v) is 18.1. The van der Waals surface area contributed by atoms with Gasteiger partial charge in [0, 0.05) is 29.5 Å². The number of hydrogen-bond donors (Lipinski definition) is 3. The lowest BCUT2D eigenvalue weighted by Crippen LogP contribution is -2.19. The predicted molar refractivity (Wildman–Crippen MR) is 131 cm³/mol. The number of nitrogens with one attached hydrogen (secondary N) is 3. The van der Waals surface area contributed by atoms with Gasteiger partial charge in [-0.1, -0.05) is 30.3 Å². The second kappa shape index (κ2) is 10.2. The van der Waals surface area contributed by atoms with Gasteiger partial charge in [-0.25, -0.2) is 4.79 Å². The van der Waals surface area contributed by atoms with Gasteiger partial charge in [0.1, 0.15) is 11.8 Å². The van der Waals surface area contributed by atoms with Gasteiger partial charge in [-0.15, -0.1) is 0 Å². The van der Waals surface area contributed by atoms with Crippen LogP contribution in [0.3, 0.4) is 0 Å². The molecule has 0 unspecified atom stereocenters. The summed E-state index contributed by atoms with van der Waals surface area (Å²) in [6, 6.07) is 24.5. The average Bonchev–Trinajstić information content (AvgIpc) is 2.85. The van der Waals surface area contributed by atoms with Crippen molar-refractivity contribution in [2.45, 2.75) is 6.42 Å². The molecule has 4 aromatic rings. The molecule has 3 aromatic carbocycles. The number of rotatable bonds is 7. The van der Waals surface area contributed by atoms with Crippen LogP contribution in [0.1, 0.15) is 11.1 Å². The minimum Gasteiger partial charge on any atom is -0.497 e. The number of ether oxygens (including phenoxy) is 1. The third kappa shape index (κ3) is 5.38. The summed E-state index contributed by atoms with van der Waals surface area (Å²) in [6.07, 6.45) is 2.33. The first-order valence-electron chi connectivity index (χ1n) is 10.5. The number of aromatic nitrogens is 1. The lowest BCUT2D eigenvalue weighted by Gasteiger charge is -2.13. The number of para-hydroxylation sites is 1. The lowest BCUT2D eigenvalue weighted by molar-refractivity contribution is 0.262. The summed E-state index contributed by atoms with van der Waals surface area (Å²) >= 11 is 0. The van der Waals surface area contributed by atoms with Crippen LogP contribution in [-0.4, -0.2) is 24.7 Å². The quantitative estimate of drug-likeness (QED) is 0.359. The summed E-state index contributed by atoms with van der Waals surface area (Å²) in [7, 11) is 1.61. The molecule has 1 heterocycles. The summed E-state index contributed by atoms with van der Waals surface area (Å²) in [5, 5.41) is 19.4. The van der Waals surface area contributed by atoms with Gasteiger partial charge >= 0.3 is 6.03 Å². The van der Waals surface area contributed by atoms with E-state index in [1.807, 2.05) is 72.8 Å². The second-order valence-corrected chi connectivity index (χ2v) is 7.36. The van der Waals surface area contributed by atoms with Crippen LogP contribution >= 0.6 is 0 Å². The maximum Gasteiger partial charge on any atom is 0.323 e. The van der Waals surface area contributed by atoms with Gasteiger partial charge < -0.3 is 20.7 Å². The molecule has 0 fully saturated rings. The molecule has 4 rings (SSSR count). The SMILES string of the molecule is COc1ccc2ncc(C#N)c(NCCc3ccc(NC(=O)Nc4ccccc4)cc3)c2c1. The van der Waals surface area contributed by atoms with Crippen molar-refractivity contribution >= 4 is 34.0 Å². The van der Waals surface area contributed by atoms with E-state index in [2.05, 4.69) is 27.0 Å². The normalized spacial score (nSPS) is 10.3. The van der Waals surface area contributed by atoms with Crippen molar-refractivity contribution in [3.63, 3.8) is 0 Å². The number of carbonyl (C=O) groups is 1. The molecule has 0 aliphatic heterocycles. The van der Waals surface area contributed by atoms with Gasteiger partial charge in [0.2, 0.25) is 0 Å². The highest BCUT2D eigenvalue weighted by Crippen LogP contribution is 2.29. The van der Waals surface area contributed by atoms with Crippen LogP contribution in [0.2, 0.25) is 0 Å². The topological polar surface area (TPSA) is 99.1 Å². The first-order chi connectivity index (χ1) is 16.2. The fraction of sp³-hybridized carbons (Fsp3) is 0.115. The number of urea groups is 1. The van der Waals surface area contributed by atoms with E-state index in [1.165, 1.54) is 0 Å². The lowest BCUT2D eigenvalue weighted by atomic mass is 10.1. The van der Waals surface area contributed by atoms with Crippen LogP contribution in [0, 0.1) is 11.3 Å². The number of carbonyl (C=O) groups excluding carboxylic acids is 1. The molecule has 3 N–H and O–H groups in total. The smallest absolute Gasteiger partial charge is 0.323 e. The van der Waals surface area contributed by atoms with Crippen LogP contribution < -0.4 is 20.7 Å². The van der Waals surface area contributed by atoms with Crippen LogP contribution in [-0.2, 0) is 6.42 Å². The van der Waals surface area contributed by atoms with Crippen molar-refractivity contribution in [2.24, 2.45) is 0 Å². The van der Waals surface area contributed by atoms with Gasteiger partial charge in [-0.2, -0.15) is 5.26 Å². The molecule has 0 aliphatic carbocycles. The Morgan fingerprint density at radius 3 is 2.42 bits per heavy atom. The van der Waals surface area contributed by atoms with Crippen LogP contribution in [0.25, 0.3) is 10.9 Å². The summed E-state index contributed by atoms with van der Waals surface area (Å²) in [6.45, 7) is 0.631. The van der Waals surface area contributed by atoms with Crippen molar-refractivity contribution in [1.29, 1.82) is 5.26 Å². The number of hydrogen-bond acceptors (Lipinski definition) is 5. The fourth-order valence-electron chi connectivity index (χ4n) is 3.48. The maximum atomic E-state index is 12.1. The van der Waals surface area contributed by atoms with Gasteiger partial charge in [0.15, 0.2) is 0 Å². The molecule has 0 saturated carbocycles. The minimum absolute atomic E-state index is 0.292.